The van der Waals surface area contributed by atoms with Gasteiger partial charge in [-0.25, -0.2) is 12.7 Å². The van der Waals surface area contributed by atoms with E-state index in [1.165, 1.54) is 4.31 Å². The Kier molecular flexibility index (Phi) is 6.50. The van der Waals surface area contributed by atoms with Gasteiger partial charge in [-0.05, 0) is 62.2 Å². The maximum absolute atomic E-state index is 13.3. The number of nitrogens with zero attached hydrogens (tertiary/aromatic N) is 3. The standard InChI is InChI=1S/C27H29N3O3S/c1-29(34(31,32)27-10-4-7-23-19-28-14-11-25(23)27)20-21-12-16-30(17-13-21)15-5-8-24-18-22-6-2-3-9-26(22)33-24/h2-11,14,18-19,21H,12-13,15-17,20H2,1H3. The predicted molar refractivity (Wildman–Crippen MR) is 136 cm³/mol. The summed E-state index contributed by atoms with van der Waals surface area (Å²) in [6.07, 6.45) is 9.48. The summed E-state index contributed by atoms with van der Waals surface area (Å²) >= 11 is 0. The molecule has 0 N–H and O–H groups in total. The van der Waals surface area contributed by atoms with Crippen molar-refractivity contribution >= 4 is 37.8 Å². The van der Waals surface area contributed by atoms with Crippen LogP contribution in [0.5, 0.6) is 0 Å². The molecule has 4 aromatic rings. The molecule has 0 bridgehead atoms. The van der Waals surface area contributed by atoms with Crippen molar-refractivity contribution in [3.63, 3.8) is 0 Å². The summed E-state index contributed by atoms with van der Waals surface area (Å²) in [5.41, 5.74) is 0.905. The number of aromatic nitrogens is 1. The van der Waals surface area contributed by atoms with Crippen molar-refractivity contribution in [2.45, 2.75) is 17.7 Å². The van der Waals surface area contributed by atoms with Crippen molar-refractivity contribution in [3.8, 4) is 0 Å². The number of piperidine rings is 1. The lowest BCUT2D eigenvalue weighted by molar-refractivity contribution is 0.187. The zero-order valence-corrected chi connectivity index (χ0v) is 20.1. The van der Waals surface area contributed by atoms with E-state index in [9.17, 15) is 8.42 Å². The molecule has 1 saturated heterocycles. The second kappa shape index (κ2) is 9.70. The van der Waals surface area contributed by atoms with Gasteiger partial charge in [0.05, 0.1) is 4.90 Å². The van der Waals surface area contributed by atoms with Crippen molar-refractivity contribution in [1.29, 1.82) is 0 Å². The fraction of sp³-hybridized carbons (Fsp3) is 0.296. The molecule has 1 fully saturated rings. The number of para-hydroxylation sites is 1. The number of sulfonamides is 1. The molecule has 176 valence electrons. The lowest BCUT2D eigenvalue weighted by atomic mass is 9.97. The Morgan fingerprint density at radius 2 is 1.88 bits per heavy atom. The zero-order chi connectivity index (χ0) is 23.5. The number of likely N-dealkylation sites (tertiary alicyclic amines) is 1. The Morgan fingerprint density at radius 3 is 2.71 bits per heavy atom. The SMILES string of the molecule is CN(CC1CCN(CC=Cc2cc3ccccc3o2)CC1)S(=O)(=O)c1cccc2cnccc12. The Balaban J connectivity index is 1.16. The smallest absolute Gasteiger partial charge is 0.243 e. The van der Waals surface area contributed by atoms with Gasteiger partial charge in [0, 0.05) is 48.7 Å². The van der Waals surface area contributed by atoms with Gasteiger partial charge in [-0.1, -0.05) is 36.4 Å². The number of benzene rings is 2. The lowest BCUT2D eigenvalue weighted by Gasteiger charge is -2.33. The Hall–Kier alpha value is -3.00. The molecule has 34 heavy (non-hydrogen) atoms. The Labute approximate surface area is 200 Å². The molecule has 6 nitrogen and oxygen atoms in total. The number of furan rings is 1. The number of pyridine rings is 1. The molecule has 1 aliphatic heterocycles. The van der Waals surface area contributed by atoms with Crippen LogP contribution in [0.2, 0.25) is 0 Å². The fourth-order valence-electron chi connectivity index (χ4n) is 4.70. The average Bonchev–Trinajstić information content (AvgIpc) is 3.27. The molecule has 0 radical (unpaired) electrons. The quantitative estimate of drug-likeness (QED) is 0.375. The zero-order valence-electron chi connectivity index (χ0n) is 19.3. The molecule has 0 unspecified atom stereocenters. The van der Waals surface area contributed by atoms with E-state index in [0.717, 1.165) is 60.0 Å². The van der Waals surface area contributed by atoms with Gasteiger partial charge in [0.1, 0.15) is 11.3 Å². The van der Waals surface area contributed by atoms with Crippen LogP contribution in [0.25, 0.3) is 27.8 Å². The monoisotopic (exact) mass is 475 g/mol. The van der Waals surface area contributed by atoms with E-state index in [2.05, 4.69) is 28.1 Å². The third-order valence-corrected chi connectivity index (χ3v) is 8.52. The number of hydrogen-bond donors (Lipinski definition) is 0. The summed E-state index contributed by atoms with van der Waals surface area (Å²) in [5, 5.41) is 2.67. The molecule has 0 atom stereocenters. The highest BCUT2D eigenvalue weighted by Gasteiger charge is 2.27. The van der Waals surface area contributed by atoms with Crippen LogP contribution in [0.1, 0.15) is 18.6 Å². The highest BCUT2D eigenvalue weighted by molar-refractivity contribution is 7.89. The molecule has 2 aromatic carbocycles. The summed E-state index contributed by atoms with van der Waals surface area (Å²) in [6, 6.07) is 17.2. The molecule has 0 spiro atoms. The van der Waals surface area contributed by atoms with Gasteiger partial charge < -0.3 is 4.42 Å². The number of rotatable bonds is 7. The molecule has 0 aliphatic carbocycles. The van der Waals surface area contributed by atoms with E-state index in [-0.39, 0.29) is 0 Å². The summed E-state index contributed by atoms with van der Waals surface area (Å²) in [7, 11) is -1.87. The highest BCUT2D eigenvalue weighted by atomic mass is 32.2. The van der Waals surface area contributed by atoms with E-state index < -0.39 is 10.0 Å². The highest BCUT2D eigenvalue weighted by Crippen LogP contribution is 2.27. The third kappa shape index (κ3) is 4.78. The van der Waals surface area contributed by atoms with E-state index in [4.69, 9.17) is 4.42 Å². The van der Waals surface area contributed by atoms with Crippen LogP contribution in [0, 0.1) is 5.92 Å². The van der Waals surface area contributed by atoms with Crippen LogP contribution in [0.15, 0.2) is 82.4 Å². The molecule has 3 heterocycles. The van der Waals surface area contributed by atoms with Crippen LogP contribution in [0.4, 0.5) is 0 Å². The van der Waals surface area contributed by atoms with Gasteiger partial charge in [-0.2, -0.15) is 0 Å². The fourth-order valence-corrected chi connectivity index (χ4v) is 6.16. The summed E-state index contributed by atoms with van der Waals surface area (Å²) in [5.74, 6) is 1.22. The molecule has 7 heteroatoms. The van der Waals surface area contributed by atoms with Crippen molar-refractivity contribution in [1.82, 2.24) is 14.2 Å². The normalized spacial score (nSPS) is 16.3. The molecule has 5 rings (SSSR count). The molecular formula is C27H29N3O3S. The largest absolute Gasteiger partial charge is 0.457 e. The van der Waals surface area contributed by atoms with Crippen molar-refractivity contribution < 1.29 is 12.8 Å². The molecule has 0 amide bonds. The maximum Gasteiger partial charge on any atom is 0.243 e. The molecule has 0 saturated carbocycles. The van der Waals surface area contributed by atoms with Gasteiger partial charge in [-0.15, -0.1) is 0 Å². The van der Waals surface area contributed by atoms with Crippen molar-refractivity contribution in [3.05, 3.63) is 78.8 Å². The van der Waals surface area contributed by atoms with E-state index in [0.29, 0.717) is 17.4 Å². The Bertz CT molecular complexity index is 1380. The van der Waals surface area contributed by atoms with E-state index >= 15 is 0 Å². The first kappa shape index (κ1) is 22.8. The first-order chi connectivity index (χ1) is 16.5. The Morgan fingerprint density at radius 1 is 1.09 bits per heavy atom. The van der Waals surface area contributed by atoms with Crippen LogP contribution >= 0.6 is 0 Å². The van der Waals surface area contributed by atoms with Gasteiger partial charge in [-0.3, -0.25) is 9.88 Å². The van der Waals surface area contributed by atoms with Crippen LogP contribution < -0.4 is 0 Å². The van der Waals surface area contributed by atoms with Crippen molar-refractivity contribution in [2.75, 3.05) is 33.2 Å². The minimum atomic E-state index is -3.56. The van der Waals surface area contributed by atoms with Gasteiger partial charge >= 0.3 is 0 Å². The first-order valence-electron chi connectivity index (χ1n) is 11.7. The van der Waals surface area contributed by atoms with E-state index in [1.807, 2.05) is 30.3 Å². The number of fused-ring (bicyclic) bond motifs is 2. The van der Waals surface area contributed by atoms with Gasteiger partial charge in [0.15, 0.2) is 0 Å². The molecular weight excluding hydrogens is 446 g/mol. The van der Waals surface area contributed by atoms with Crippen LogP contribution in [-0.4, -0.2) is 55.8 Å². The minimum Gasteiger partial charge on any atom is -0.457 e. The second-order valence-corrected chi connectivity index (χ2v) is 11.0. The van der Waals surface area contributed by atoms with Gasteiger partial charge in [0.25, 0.3) is 0 Å². The van der Waals surface area contributed by atoms with Gasteiger partial charge in [0.2, 0.25) is 10.0 Å². The predicted octanol–water partition coefficient (Wildman–Crippen LogP) is 5.03. The average molecular weight is 476 g/mol. The summed E-state index contributed by atoms with van der Waals surface area (Å²) in [6.45, 7) is 3.32. The first-order valence-corrected chi connectivity index (χ1v) is 13.1. The minimum absolute atomic E-state index is 0.350. The summed E-state index contributed by atoms with van der Waals surface area (Å²) in [4.78, 5) is 6.86. The topological polar surface area (TPSA) is 66.7 Å². The molecule has 2 aromatic heterocycles. The van der Waals surface area contributed by atoms with Crippen molar-refractivity contribution in [2.24, 2.45) is 5.92 Å². The third-order valence-electron chi connectivity index (χ3n) is 6.64. The van der Waals surface area contributed by atoms with E-state index in [1.54, 1.807) is 37.6 Å². The summed E-state index contributed by atoms with van der Waals surface area (Å²) < 4.78 is 34.0. The maximum atomic E-state index is 13.3. The van der Waals surface area contributed by atoms with Crippen LogP contribution in [-0.2, 0) is 10.0 Å². The van der Waals surface area contributed by atoms with Crippen LogP contribution in [0.3, 0.4) is 0 Å². The lowest BCUT2D eigenvalue weighted by Crippen LogP contribution is -2.39. The number of hydrogen-bond acceptors (Lipinski definition) is 5. The molecule has 1 aliphatic rings. The second-order valence-electron chi connectivity index (χ2n) is 8.97.